The molecule has 0 saturated carbocycles. The van der Waals surface area contributed by atoms with E-state index in [1.54, 1.807) is 6.92 Å². The highest BCUT2D eigenvalue weighted by Gasteiger charge is 2.34. The largest absolute Gasteiger partial charge is 0.389 e. The number of rotatable bonds is 5. The molecule has 2 nitrogen and oxygen atoms in total. The molecule has 0 heterocycles. The summed E-state index contributed by atoms with van der Waals surface area (Å²) < 4.78 is 0. The van der Waals surface area contributed by atoms with Crippen LogP contribution < -0.4 is 0 Å². The molecular formula is C10H20O2. The van der Waals surface area contributed by atoms with E-state index >= 15 is 0 Å². The van der Waals surface area contributed by atoms with Crippen LogP contribution in [0.25, 0.3) is 0 Å². The molecule has 1 atom stereocenters. The molecule has 0 rings (SSSR count). The van der Waals surface area contributed by atoms with E-state index < -0.39 is 5.60 Å². The number of hydrogen-bond donors (Lipinski definition) is 1. The van der Waals surface area contributed by atoms with Crippen LogP contribution in [0.5, 0.6) is 0 Å². The zero-order valence-electron chi connectivity index (χ0n) is 8.55. The van der Waals surface area contributed by atoms with E-state index in [1.165, 1.54) is 0 Å². The van der Waals surface area contributed by atoms with Crippen LogP contribution in [0, 0.1) is 5.92 Å². The van der Waals surface area contributed by atoms with Gasteiger partial charge in [-0.2, -0.15) is 0 Å². The van der Waals surface area contributed by atoms with Crippen LogP contribution in [0.3, 0.4) is 0 Å². The fraction of sp³-hybridized carbons (Fsp3) is 0.900. The number of aliphatic hydroxyl groups is 1. The quantitative estimate of drug-likeness (QED) is 0.690. The van der Waals surface area contributed by atoms with Gasteiger partial charge in [0.2, 0.25) is 0 Å². The van der Waals surface area contributed by atoms with Gasteiger partial charge >= 0.3 is 0 Å². The third kappa shape index (κ3) is 2.31. The summed E-state index contributed by atoms with van der Waals surface area (Å²) in [5.41, 5.74) is -0.777. The van der Waals surface area contributed by atoms with Crippen LogP contribution in [0.15, 0.2) is 0 Å². The molecule has 0 radical (unpaired) electrons. The predicted molar refractivity (Wildman–Crippen MR) is 50.0 cm³/mol. The summed E-state index contributed by atoms with van der Waals surface area (Å²) in [6, 6.07) is 0. The average Bonchev–Trinajstić information content (AvgIpc) is 2.04. The van der Waals surface area contributed by atoms with Gasteiger partial charge in [-0.25, -0.2) is 0 Å². The molecule has 0 aromatic heterocycles. The van der Waals surface area contributed by atoms with E-state index in [9.17, 15) is 9.90 Å². The van der Waals surface area contributed by atoms with Gasteiger partial charge in [-0.3, -0.25) is 4.79 Å². The Bertz CT molecular complexity index is 148. The summed E-state index contributed by atoms with van der Waals surface area (Å²) in [7, 11) is 0. The molecule has 0 amide bonds. The summed E-state index contributed by atoms with van der Waals surface area (Å²) in [5, 5.41) is 10.0. The van der Waals surface area contributed by atoms with E-state index in [0.29, 0.717) is 12.8 Å². The first kappa shape index (κ1) is 11.6. The second kappa shape index (κ2) is 4.61. The van der Waals surface area contributed by atoms with Gasteiger partial charge in [0.05, 0.1) is 5.60 Å². The number of carbonyl (C=O) groups is 1. The van der Waals surface area contributed by atoms with E-state index in [1.807, 2.05) is 20.8 Å². The maximum atomic E-state index is 11.2. The zero-order chi connectivity index (χ0) is 9.78. The second-order valence-corrected chi connectivity index (χ2v) is 3.38. The summed E-state index contributed by atoms with van der Waals surface area (Å²) in [6.07, 6.45) is 2.04. The second-order valence-electron chi connectivity index (χ2n) is 3.38. The predicted octanol–water partition coefficient (Wildman–Crippen LogP) is 2.15. The van der Waals surface area contributed by atoms with Crippen LogP contribution in [-0.4, -0.2) is 16.5 Å². The topological polar surface area (TPSA) is 37.3 Å². The van der Waals surface area contributed by atoms with Crippen LogP contribution in [0.2, 0.25) is 0 Å². The Kier molecular flexibility index (Phi) is 4.46. The Hall–Kier alpha value is -0.370. The van der Waals surface area contributed by atoms with E-state index in [4.69, 9.17) is 0 Å². The smallest absolute Gasteiger partial charge is 0.135 e. The minimum Gasteiger partial charge on any atom is -0.389 e. The molecule has 0 aliphatic carbocycles. The maximum absolute atomic E-state index is 11.2. The number of ketones is 1. The van der Waals surface area contributed by atoms with Gasteiger partial charge in [0.25, 0.3) is 0 Å². The molecule has 0 saturated heterocycles. The fourth-order valence-corrected chi connectivity index (χ4v) is 1.79. The molecule has 0 fully saturated rings. The van der Waals surface area contributed by atoms with Gasteiger partial charge in [0.1, 0.15) is 5.78 Å². The molecule has 12 heavy (non-hydrogen) atoms. The Morgan fingerprint density at radius 2 is 1.75 bits per heavy atom. The number of hydrogen-bond acceptors (Lipinski definition) is 2. The first-order valence-corrected chi connectivity index (χ1v) is 4.74. The lowest BCUT2D eigenvalue weighted by Gasteiger charge is -2.32. The van der Waals surface area contributed by atoms with Crippen molar-refractivity contribution in [2.24, 2.45) is 5.92 Å². The highest BCUT2D eigenvalue weighted by Crippen LogP contribution is 2.28. The van der Waals surface area contributed by atoms with Crippen LogP contribution in [0.1, 0.15) is 47.0 Å². The Balaban J connectivity index is 4.54. The van der Waals surface area contributed by atoms with Crippen LogP contribution >= 0.6 is 0 Å². The standard InChI is InChI=1S/C10H20O2/c1-5-9(8(4)11)10(12,6-2)7-3/h9,12H,5-7H2,1-4H3. The Morgan fingerprint density at radius 3 is 1.83 bits per heavy atom. The van der Waals surface area contributed by atoms with E-state index in [2.05, 4.69) is 0 Å². The van der Waals surface area contributed by atoms with Gasteiger partial charge in [0, 0.05) is 5.92 Å². The maximum Gasteiger partial charge on any atom is 0.135 e. The van der Waals surface area contributed by atoms with Crippen molar-refractivity contribution in [3.63, 3.8) is 0 Å². The van der Waals surface area contributed by atoms with Gasteiger partial charge in [-0.1, -0.05) is 20.8 Å². The van der Waals surface area contributed by atoms with Crippen molar-refractivity contribution in [1.29, 1.82) is 0 Å². The highest BCUT2D eigenvalue weighted by molar-refractivity contribution is 5.79. The van der Waals surface area contributed by atoms with Crippen LogP contribution in [0.4, 0.5) is 0 Å². The molecule has 0 aliphatic rings. The lowest BCUT2D eigenvalue weighted by atomic mass is 9.79. The molecule has 72 valence electrons. The Labute approximate surface area is 75.0 Å². The molecule has 0 spiro atoms. The first-order chi connectivity index (χ1) is 5.51. The average molecular weight is 172 g/mol. The first-order valence-electron chi connectivity index (χ1n) is 4.74. The normalized spacial score (nSPS) is 14.4. The van der Waals surface area contributed by atoms with Crippen molar-refractivity contribution in [3.8, 4) is 0 Å². The van der Waals surface area contributed by atoms with Gasteiger partial charge in [-0.05, 0) is 26.2 Å². The lowest BCUT2D eigenvalue weighted by molar-refractivity contribution is -0.131. The fourth-order valence-electron chi connectivity index (χ4n) is 1.79. The highest BCUT2D eigenvalue weighted by atomic mass is 16.3. The minimum absolute atomic E-state index is 0.101. The van der Waals surface area contributed by atoms with Crippen molar-refractivity contribution >= 4 is 5.78 Å². The molecule has 1 N–H and O–H groups in total. The third-order valence-electron chi connectivity index (χ3n) is 2.77. The monoisotopic (exact) mass is 172 g/mol. The molecule has 0 aliphatic heterocycles. The van der Waals surface area contributed by atoms with Crippen molar-refractivity contribution in [1.82, 2.24) is 0 Å². The van der Waals surface area contributed by atoms with Gasteiger partial charge in [-0.15, -0.1) is 0 Å². The molecular weight excluding hydrogens is 152 g/mol. The molecule has 0 aromatic rings. The van der Waals surface area contributed by atoms with Crippen LogP contribution in [-0.2, 0) is 4.79 Å². The molecule has 0 bridgehead atoms. The van der Waals surface area contributed by atoms with Gasteiger partial charge < -0.3 is 5.11 Å². The Morgan fingerprint density at radius 1 is 1.33 bits per heavy atom. The number of carbonyl (C=O) groups excluding carboxylic acids is 1. The zero-order valence-corrected chi connectivity index (χ0v) is 8.55. The number of Topliss-reactive ketones (excluding diaryl/α,β-unsaturated/α-hetero) is 1. The summed E-state index contributed by atoms with van der Waals surface area (Å²) >= 11 is 0. The van der Waals surface area contributed by atoms with E-state index in [-0.39, 0.29) is 11.7 Å². The lowest BCUT2D eigenvalue weighted by Crippen LogP contribution is -2.40. The molecule has 2 heteroatoms. The van der Waals surface area contributed by atoms with Crippen molar-refractivity contribution in [2.75, 3.05) is 0 Å². The summed E-state index contributed by atoms with van der Waals surface area (Å²) in [5.74, 6) is -0.0869. The molecule has 0 aromatic carbocycles. The summed E-state index contributed by atoms with van der Waals surface area (Å²) in [4.78, 5) is 11.2. The van der Waals surface area contributed by atoms with E-state index in [0.717, 1.165) is 6.42 Å². The molecule has 1 unspecified atom stereocenters. The third-order valence-corrected chi connectivity index (χ3v) is 2.77. The van der Waals surface area contributed by atoms with Crippen molar-refractivity contribution in [2.45, 2.75) is 52.6 Å². The van der Waals surface area contributed by atoms with Gasteiger partial charge in [0.15, 0.2) is 0 Å². The van der Waals surface area contributed by atoms with Crippen molar-refractivity contribution in [3.05, 3.63) is 0 Å². The minimum atomic E-state index is -0.777. The SMILES string of the molecule is CCC(C(C)=O)C(O)(CC)CC. The summed E-state index contributed by atoms with van der Waals surface area (Å²) in [6.45, 7) is 7.36. The van der Waals surface area contributed by atoms with Crippen molar-refractivity contribution < 1.29 is 9.90 Å².